The molecule has 1 aliphatic heterocycles. The number of aromatic amines is 1. The van der Waals surface area contributed by atoms with Gasteiger partial charge in [0.25, 0.3) is 5.91 Å². The third kappa shape index (κ3) is 3.48. The molecule has 1 aromatic carbocycles. The first-order valence-corrected chi connectivity index (χ1v) is 8.66. The molecule has 2 aromatic rings. The van der Waals surface area contributed by atoms with Crippen LogP contribution in [0.5, 0.6) is 0 Å². The van der Waals surface area contributed by atoms with Gasteiger partial charge in [-0.05, 0) is 29.3 Å². The number of nitrogens with zero attached hydrogens (tertiary/aromatic N) is 2. The molecule has 1 amide bonds. The van der Waals surface area contributed by atoms with Crippen molar-refractivity contribution in [2.24, 2.45) is 5.92 Å². The zero-order valence-electron chi connectivity index (χ0n) is 13.1. The van der Waals surface area contributed by atoms with Crippen LogP contribution in [-0.2, 0) is 4.74 Å². The Morgan fingerprint density at radius 1 is 1.43 bits per heavy atom. The first-order valence-electron chi connectivity index (χ1n) is 7.87. The second-order valence-corrected chi connectivity index (χ2v) is 6.49. The summed E-state index contributed by atoms with van der Waals surface area (Å²) >= 11 is 3.53. The third-order valence-electron chi connectivity index (χ3n) is 4.14. The Morgan fingerprint density at radius 3 is 2.87 bits per heavy atom. The molecule has 1 saturated heterocycles. The summed E-state index contributed by atoms with van der Waals surface area (Å²) in [7, 11) is 0. The van der Waals surface area contributed by atoms with Crippen LogP contribution in [0.25, 0.3) is 11.3 Å². The minimum absolute atomic E-state index is 0.0269. The Balaban J connectivity index is 1.80. The molecule has 1 fully saturated rings. The van der Waals surface area contributed by atoms with Crippen molar-refractivity contribution >= 4 is 21.8 Å². The van der Waals surface area contributed by atoms with Crippen molar-refractivity contribution in [3.8, 4) is 11.3 Å². The van der Waals surface area contributed by atoms with E-state index < -0.39 is 0 Å². The first-order chi connectivity index (χ1) is 11.2. The van der Waals surface area contributed by atoms with Crippen molar-refractivity contribution in [3.63, 3.8) is 0 Å². The molecule has 1 unspecified atom stereocenters. The molecule has 122 valence electrons. The highest BCUT2D eigenvalue weighted by Gasteiger charge is 2.26. The largest absolute Gasteiger partial charge is 0.381 e. The van der Waals surface area contributed by atoms with E-state index in [1.807, 2.05) is 42.2 Å². The summed E-state index contributed by atoms with van der Waals surface area (Å²) in [6.45, 7) is 4.92. The van der Waals surface area contributed by atoms with E-state index in [1.165, 1.54) is 0 Å². The van der Waals surface area contributed by atoms with E-state index in [2.05, 4.69) is 26.1 Å². The van der Waals surface area contributed by atoms with E-state index >= 15 is 0 Å². The van der Waals surface area contributed by atoms with Crippen LogP contribution in [0.1, 0.15) is 23.8 Å². The van der Waals surface area contributed by atoms with Crippen LogP contribution in [0.2, 0.25) is 0 Å². The summed E-state index contributed by atoms with van der Waals surface area (Å²) in [5.41, 5.74) is 2.24. The molecule has 0 bridgehead atoms. The predicted molar refractivity (Wildman–Crippen MR) is 92.2 cm³/mol. The molecule has 0 spiro atoms. The number of carbonyl (C=O) groups is 1. The SMILES string of the molecule is CCN(CC1CCOC1)C(=O)c1[nH]nc(-c2ccccc2)c1Br. The van der Waals surface area contributed by atoms with Gasteiger partial charge in [0.05, 0.1) is 11.1 Å². The number of carbonyl (C=O) groups excluding carboxylic acids is 1. The van der Waals surface area contributed by atoms with Gasteiger partial charge in [-0.2, -0.15) is 5.10 Å². The number of H-pyrrole nitrogens is 1. The topological polar surface area (TPSA) is 58.2 Å². The second-order valence-electron chi connectivity index (χ2n) is 5.70. The lowest BCUT2D eigenvalue weighted by molar-refractivity contribution is 0.0724. The summed E-state index contributed by atoms with van der Waals surface area (Å²) in [4.78, 5) is 14.7. The van der Waals surface area contributed by atoms with Crippen LogP contribution < -0.4 is 0 Å². The molecular weight excluding hydrogens is 358 g/mol. The third-order valence-corrected chi connectivity index (χ3v) is 4.91. The number of halogens is 1. The minimum atomic E-state index is -0.0269. The Morgan fingerprint density at radius 2 is 2.22 bits per heavy atom. The molecule has 1 aliphatic rings. The number of amides is 1. The summed E-state index contributed by atoms with van der Waals surface area (Å²) < 4.78 is 6.12. The summed E-state index contributed by atoms with van der Waals surface area (Å²) in [5, 5.41) is 7.20. The summed E-state index contributed by atoms with van der Waals surface area (Å²) in [6.07, 6.45) is 1.02. The van der Waals surface area contributed by atoms with Crippen molar-refractivity contribution in [1.29, 1.82) is 0 Å². The van der Waals surface area contributed by atoms with E-state index in [9.17, 15) is 4.79 Å². The van der Waals surface area contributed by atoms with E-state index in [0.717, 1.165) is 41.9 Å². The highest BCUT2D eigenvalue weighted by Crippen LogP contribution is 2.29. The van der Waals surface area contributed by atoms with Crippen LogP contribution in [-0.4, -0.2) is 47.3 Å². The highest BCUT2D eigenvalue weighted by atomic mass is 79.9. The fraction of sp³-hybridized carbons (Fsp3) is 0.412. The molecule has 23 heavy (non-hydrogen) atoms. The Hall–Kier alpha value is -1.66. The van der Waals surface area contributed by atoms with E-state index in [4.69, 9.17) is 4.74 Å². The lowest BCUT2D eigenvalue weighted by atomic mass is 10.1. The molecule has 3 rings (SSSR count). The Labute approximate surface area is 144 Å². The van der Waals surface area contributed by atoms with Crippen LogP contribution in [0, 0.1) is 5.92 Å². The summed E-state index contributed by atoms with van der Waals surface area (Å²) in [6, 6.07) is 9.82. The van der Waals surface area contributed by atoms with Crippen LogP contribution >= 0.6 is 15.9 Å². The van der Waals surface area contributed by atoms with Gasteiger partial charge in [-0.3, -0.25) is 9.89 Å². The fourth-order valence-corrected chi connectivity index (χ4v) is 3.39. The molecule has 2 heterocycles. The normalized spacial score (nSPS) is 17.4. The number of hydrogen-bond donors (Lipinski definition) is 1. The lowest BCUT2D eigenvalue weighted by Crippen LogP contribution is -2.35. The van der Waals surface area contributed by atoms with Gasteiger partial charge in [-0.15, -0.1) is 0 Å². The van der Waals surface area contributed by atoms with Gasteiger partial charge in [0, 0.05) is 31.2 Å². The highest BCUT2D eigenvalue weighted by molar-refractivity contribution is 9.10. The maximum Gasteiger partial charge on any atom is 0.273 e. The van der Waals surface area contributed by atoms with Crippen molar-refractivity contribution in [2.75, 3.05) is 26.3 Å². The number of ether oxygens (including phenoxy) is 1. The molecule has 6 heteroatoms. The number of benzene rings is 1. The van der Waals surface area contributed by atoms with Gasteiger partial charge in [-0.1, -0.05) is 30.3 Å². The second kappa shape index (κ2) is 7.27. The molecular formula is C17H20BrN3O2. The zero-order chi connectivity index (χ0) is 16.2. The fourth-order valence-electron chi connectivity index (χ4n) is 2.81. The van der Waals surface area contributed by atoms with E-state index in [1.54, 1.807) is 0 Å². The van der Waals surface area contributed by atoms with Crippen LogP contribution in [0.15, 0.2) is 34.8 Å². The Bertz CT molecular complexity index is 666. The monoisotopic (exact) mass is 377 g/mol. The van der Waals surface area contributed by atoms with Crippen molar-refractivity contribution < 1.29 is 9.53 Å². The lowest BCUT2D eigenvalue weighted by Gasteiger charge is -2.23. The Kier molecular flexibility index (Phi) is 5.13. The molecule has 1 atom stereocenters. The van der Waals surface area contributed by atoms with Gasteiger partial charge in [-0.25, -0.2) is 0 Å². The van der Waals surface area contributed by atoms with Gasteiger partial charge in [0.1, 0.15) is 11.4 Å². The number of hydrogen-bond acceptors (Lipinski definition) is 3. The van der Waals surface area contributed by atoms with Crippen molar-refractivity contribution in [1.82, 2.24) is 15.1 Å². The quantitative estimate of drug-likeness (QED) is 0.868. The minimum Gasteiger partial charge on any atom is -0.381 e. The van der Waals surface area contributed by atoms with Crippen LogP contribution in [0.3, 0.4) is 0 Å². The average molecular weight is 378 g/mol. The van der Waals surface area contributed by atoms with Gasteiger partial charge in [0.2, 0.25) is 0 Å². The van der Waals surface area contributed by atoms with E-state index in [-0.39, 0.29) is 5.91 Å². The number of nitrogens with one attached hydrogen (secondary N) is 1. The standard InChI is InChI=1S/C17H20BrN3O2/c1-2-21(10-12-8-9-23-11-12)17(22)16-14(18)15(19-20-16)13-6-4-3-5-7-13/h3-7,12H,2,8-11H2,1H3,(H,19,20). The molecule has 0 radical (unpaired) electrons. The first kappa shape index (κ1) is 16.2. The van der Waals surface area contributed by atoms with Crippen molar-refractivity contribution in [3.05, 3.63) is 40.5 Å². The van der Waals surface area contributed by atoms with Crippen LogP contribution in [0.4, 0.5) is 0 Å². The molecule has 1 N–H and O–H groups in total. The number of rotatable bonds is 5. The van der Waals surface area contributed by atoms with Gasteiger partial charge < -0.3 is 9.64 Å². The maximum atomic E-state index is 12.8. The van der Waals surface area contributed by atoms with Gasteiger partial charge in [0.15, 0.2) is 0 Å². The number of aromatic nitrogens is 2. The van der Waals surface area contributed by atoms with E-state index in [0.29, 0.717) is 18.2 Å². The molecule has 0 aliphatic carbocycles. The predicted octanol–water partition coefficient (Wildman–Crippen LogP) is 3.34. The van der Waals surface area contributed by atoms with Crippen molar-refractivity contribution in [2.45, 2.75) is 13.3 Å². The zero-order valence-corrected chi connectivity index (χ0v) is 14.7. The average Bonchev–Trinajstić information content (AvgIpc) is 3.22. The maximum absolute atomic E-state index is 12.8. The molecule has 0 saturated carbocycles. The summed E-state index contributed by atoms with van der Waals surface area (Å²) in [5.74, 6) is 0.398. The molecule has 1 aromatic heterocycles. The molecule has 5 nitrogen and oxygen atoms in total. The smallest absolute Gasteiger partial charge is 0.273 e. The van der Waals surface area contributed by atoms with Gasteiger partial charge >= 0.3 is 0 Å².